The number of halogens is 3. The maximum absolute atomic E-state index is 11.3. The second-order valence-electron chi connectivity index (χ2n) is 6.57. The van der Waals surface area contributed by atoms with E-state index in [2.05, 4.69) is 13.8 Å². The van der Waals surface area contributed by atoms with E-state index in [0.29, 0.717) is 12.3 Å². The Kier molecular flexibility index (Phi) is 12.1. The zero-order valence-corrected chi connectivity index (χ0v) is 14.9. The summed E-state index contributed by atoms with van der Waals surface area (Å²) in [6.45, 7) is 6.66. The van der Waals surface area contributed by atoms with Crippen LogP contribution in [0.25, 0.3) is 0 Å². The van der Waals surface area contributed by atoms with Crippen LogP contribution >= 0.6 is 0 Å². The number of esters is 1. The predicted octanol–water partition coefficient (Wildman–Crippen LogP) is 4.24. The molecule has 1 heterocycles. The predicted molar refractivity (Wildman–Crippen MR) is 85.6 cm³/mol. The Morgan fingerprint density at radius 1 is 1.33 bits per heavy atom. The summed E-state index contributed by atoms with van der Waals surface area (Å²) in [4.78, 5) is 11.3. The van der Waals surface area contributed by atoms with Crippen LogP contribution in [-0.2, 0) is 14.3 Å². The summed E-state index contributed by atoms with van der Waals surface area (Å²) < 4.78 is 44.5. The lowest BCUT2D eigenvalue weighted by Gasteiger charge is -2.21. The van der Waals surface area contributed by atoms with Crippen molar-refractivity contribution in [1.82, 2.24) is 0 Å². The van der Waals surface area contributed by atoms with E-state index < -0.39 is 12.6 Å². The van der Waals surface area contributed by atoms with Crippen molar-refractivity contribution < 1.29 is 32.5 Å². The SMILES string of the molecule is CC(C)COC1CCCCC(=O)OC(C)C1.OCCCC(F)(F)F. The fraction of sp³-hybridized carbons (Fsp3) is 0.941. The zero-order chi connectivity index (χ0) is 18.6. The van der Waals surface area contributed by atoms with Gasteiger partial charge in [-0.1, -0.05) is 20.3 Å². The van der Waals surface area contributed by atoms with Crippen LogP contribution in [0, 0.1) is 5.92 Å². The van der Waals surface area contributed by atoms with Crippen LogP contribution in [0.15, 0.2) is 0 Å². The number of hydrogen-bond acceptors (Lipinski definition) is 4. The molecule has 0 saturated carbocycles. The number of aliphatic hydroxyl groups is 1. The van der Waals surface area contributed by atoms with Gasteiger partial charge in [-0.05, 0) is 32.1 Å². The largest absolute Gasteiger partial charge is 0.463 e. The Labute approximate surface area is 142 Å². The van der Waals surface area contributed by atoms with Crippen molar-refractivity contribution in [3.63, 3.8) is 0 Å². The number of cyclic esters (lactones) is 1. The highest BCUT2D eigenvalue weighted by Crippen LogP contribution is 2.20. The molecular weight excluding hydrogens is 325 g/mol. The monoisotopic (exact) mass is 356 g/mol. The molecular formula is C17H31F3O4. The molecule has 1 aliphatic rings. The smallest absolute Gasteiger partial charge is 0.389 e. The molecule has 0 radical (unpaired) electrons. The first-order valence-corrected chi connectivity index (χ1v) is 8.62. The molecule has 4 nitrogen and oxygen atoms in total. The van der Waals surface area contributed by atoms with Gasteiger partial charge in [0.25, 0.3) is 0 Å². The molecule has 1 saturated heterocycles. The molecule has 0 aromatic carbocycles. The number of carbonyl (C=O) groups excluding carboxylic acids is 1. The Morgan fingerprint density at radius 2 is 2.00 bits per heavy atom. The number of hydrogen-bond donors (Lipinski definition) is 1. The maximum Gasteiger partial charge on any atom is 0.389 e. The first-order chi connectivity index (χ1) is 11.1. The van der Waals surface area contributed by atoms with Crippen LogP contribution in [0.3, 0.4) is 0 Å². The molecule has 0 amide bonds. The molecule has 1 rings (SSSR count). The normalized spacial score (nSPS) is 22.8. The molecule has 7 heteroatoms. The van der Waals surface area contributed by atoms with Crippen LogP contribution in [0.4, 0.5) is 13.2 Å². The van der Waals surface area contributed by atoms with Gasteiger partial charge in [0, 0.05) is 32.5 Å². The quantitative estimate of drug-likeness (QED) is 0.749. The molecule has 0 spiro atoms. The van der Waals surface area contributed by atoms with Gasteiger partial charge in [0.1, 0.15) is 6.10 Å². The summed E-state index contributed by atoms with van der Waals surface area (Å²) in [6, 6.07) is 0. The minimum atomic E-state index is -4.11. The van der Waals surface area contributed by atoms with Crippen molar-refractivity contribution in [2.45, 2.75) is 84.1 Å². The van der Waals surface area contributed by atoms with Crippen LogP contribution in [0.5, 0.6) is 0 Å². The highest BCUT2D eigenvalue weighted by molar-refractivity contribution is 5.69. The molecule has 1 aliphatic heterocycles. The fourth-order valence-corrected chi connectivity index (χ4v) is 2.22. The molecule has 1 N–H and O–H groups in total. The lowest BCUT2D eigenvalue weighted by Crippen LogP contribution is -2.23. The van der Waals surface area contributed by atoms with Gasteiger partial charge < -0.3 is 14.6 Å². The van der Waals surface area contributed by atoms with E-state index in [1.165, 1.54) is 0 Å². The van der Waals surface area contributed by atoms with E-state index in [1.807, 2.05) is 6.92 Å². The number of aliphatic hydroxyl groups excluding tert-OH is 1. The van der Waals surface area contributed by atoms with E-state index >= 15 is 0 Å². The average molecular weight is 356 g/mol. The summed E-state index contributed by atoms with van der Waals surface area (Å²) in [5, 5.41) is 7.93. The zero-order valence-electron chi connectivity index (χ0n) is 14.9. The molecule has 24 heavy (non-hydrogen) atoms. The maximum atomic E-state index is 11.3. The van der Waals surface area contributed by atoms with Gasteiger partial charge in [-0.15, -0.1) is 0 Å². The molecule has 1 fully saturated rings. The Balaban J connectivity index is 0.000000561. The molecule has 2 unspecified atom stereocenters. The molecule has 144 valence electrons. The standard InChI is InChI=1S/C13H24O3.C4H7F3O/c1-10(2)9-15-12-6-4-5-7-13(14)16-11(3)8-12;5-4(6,7)2-1-3-8/h10-12H,4-9H2,1-3H3;8H,1-3H2. The van der Waals surface area contributed by atoms with Crippen LogP contribution in [0.2, 0.25) is 0 Å². The summed E-state index contributed by atoms with van der Waals surface area (Å²) in [7, 11) is 0. The summed E-state index contributed by atoms with van der Waals surface area (Å²) in [5.41, 5.74) is 0. The van der Waals surface area contributed by atoms with Crippen LogP contribution in [-0.4, -0.2) is 42.7 Å². The van der Waals surface area contributed by atoms with Crippen LogP contribution in [0.1, 0.15) is 65.7 Å². The Morgan fingerprint density at radius 3 is 2.50 bits per heavy atom. The Bertz CT molecular complexity index is 332. The van der Waals surface area contributed by atoms with Gasteiger partial charge in [-0.2, -0.15) is 13.2 Å². The molecule has 2 atom stereocenters. The molecule has 0 bridgehead atoms. The van der Waals surface area contributed by atoms with Crippen molar-refractivity contribution in [3.05, 3.63) is 0 Å². The van der Waals surface area contributed by atoms with E-state index in [0.717, 1.165) is 32.3 Å². The molecule has 0 aliphatic carbocycles. The van der Waals surface area contributed by atoms with Crippen molar-refractivity contribution in [1.29, 1.82) is 0 Å². The van der Waals surface area contributed by atoms with Crippen LogP contribution < -0.4 is 0 Å². The highest BCUT2D eigenvalue weighted by Gasteiger charge is 2.25. The second kappa shape index (κ2) is 12.5. The summed E-state index contributed by atoms with van der Waals surface area (Å²) in [5.74, 6) is 0.502. The summed E-state index contributed by atoms with van der Waals surface area (Å²) in [6.07, 6.45) is -0.521. The third-order valence-corrected chi connectivity index (χ3v) is 3.37. The third kappa shape index (κ3) is 14.8. The van der Waals surface area contributed by atoms with Crippen molar-refractivity contribution in [2.75, 3.05) is 13.2 Å². The van der Waals surface area contributed by atoms with Gasteiger partial charge in [0.05, 0.1) is 6.10 Å². The second-order valence-corrected chi connectivity index (χ2v) is 6.57. The Hall–Kier alpha value is -0.820. The molecule has 0 aromatic heterocycles. The first-order valence-electron chi connectivity index (χ1n) is 8.62. The van der Waals surface area contributed by atoms with E-state index in [-0.39, 0.29) is 31.2 Å². The van der Waals surface area contributed by atoms with Gasteiger partial charge in [-0.3, -0.25) is 4.79 Å². The fourth-order valence-electron chi connectivity index (χ4n) is 2.22. The number of carbonyl (C=O) groups is 1. The lowest BCUT2D eigenvalue weighted by molar-refractivity contribution is -0.149. The molecule has 0 aromatic rings. The summed E-state index contributed by atoms with van der Waals surface area (Å²) >= 11 is 0. The topological polar surface area (TPSA) is 55.8 Å². The average Bonchev–Trinajstić information content (AvgIpc) is 2.53. The van der Waals surface area contributed by atoms with Crippen molar-refractivity contribution >= 4 is 5.97 Å². The number of alkyl halides is 3. The number of ether oxygens (including phenoxy) is 2. The van der Waals surface area contributed by atoms with E-state index in [9.17, 15) is 18.0 Å². The van der Waals surface area contributed by atoms with Gasteiger partial charge in [0.15, 0.2) is 0 Å². The van der Waals surface area contributed by atoms with Gasteiger partial charge in [0.2, 0.25) is 0 Å². The van der Waals surface area contributed by atoms with E-state index in [1.54, 1.807) is 0 Å². The van der Waals surface area contributed by atoms with E-state index in [4.69, 9.17) is 14.6 Å². The van der Waals surface area contributed by atoms with Gasteiger partial charge >= 0.3 is 12.1 Å². The lowest BCUT2D eigenvalue weighted by atomic mass is 10.1. The number of rotatable bonds is 5. The van der Waals surface area contributed by atoms with Crippen molar-refractivity contribution in [2.24, 2.45) is 5.92 Å². The minimum absolute atomic E-state index is 0.0113. The first kappa shape index (κ1) is 23.2. The highest BCUT2D eigenvalue weighted by atomic mass is 19.4. The minimum Gasteiger partial charge on any atom is -0.463 e. The third-order valence-electron chi connectivity index (χ3n) is 3.37. The van der Waals surface area contributed by atoms with Gasteiger partial charge in [-0.25, -0.2) is 0 Å². The van der Waals surface area contributed by atoms with Crippen molar-refractivity contribution in [3.8, 4) is 0 Å².